The van der Waals surface area contributed by atoms with E-state index in [-0.39, 0.29) is 22.8 Å². The summed E-state index contributed by atoms with van der Waals surface area (Å²) in [6.07, 6.45) is 0. The van der Waals surface area contributed by atoms with Crippen molar-refractivity contribution in [3.63, 3.8) is 0 Å². The van der Waals surface area contributed by atoms with Gasteiger partial charge in [-0.1, -0.05) is 60.7 Å². The highest BCUT2D eigenvalue weighted by molar-refractivity contribution is 8.93. The van der Waals surface area contributed by atoms with Crippen molar-refractivity contribution in [1.29, 1.82) is 0 Å². The molecule has 0 aliphatic rings. The molecule has 0 fully saturated rings. The fraction of sp³-hybridized carbons (Fsp3) is 0.235. The first-order valence-corrected chi connectivity index (χ1v) is 6.51. The second-order valence-corrected chi connectivity index (χ2v) is 5.53. The zero-order valence-electron chi connectivity index (χ0n) is 12.0. The molecule has 0 spiro atoms. The maximum absolute atomic E-state index is 12.2. The Balaban J connectivity index is 0.00000200. The van der Waals surface area contributed by atoms with Crippen molar-refractivity contribution in [2.75, 3.05) is 20.6 Å². The first-order valence-electron chi connectivity index (χ1n) is 6.51. The first-order chi connectivity index (χ1) is 9.07. The predicted molar refractivity (Wildman–Crippen MR) is 88.2 cm³/mol. The quantitative estimate of drug-likeness (QED) is 0.601. The summed E-state index contributed by atoms with van der Waals surface area (Å²) < 4.78 is 0.664. The second-order valence-electron chi connectivity index (χ2n) is 5.53. The van der Waals surface area contributed by atoms with Gasteiger partial charge in [-0.25, -0.2) is 0 Å². The van der Waals surface area contributed by atoms with E-state index in [2.05, 4.69) is 26.2 Å². The van der Waals surface area contributed by atoms with Crippen LogP contribution in [0.5, 0.6) is 0 Å². The summed E-state index contributed by atoms with van der Waals surface area (Å²) in [6, 6.07) is 19.8. The largest absolute Gasteiger partial charge is 0.318 e. The van der Waals surface area contributed by atoms with Gasteiger partial charge < -0.3 is 4.48 Å². The van der Waals surface area contributed by atoms with Crippen LogP contribution in [-0.4, -0.2) is 30.9 Å². The van der Waals surface area contributed by atoms with Gasteiger partial charge in [-0.05, 0) is 0 Å². The van der Waals surface area contributed by atoms with Gasteiger partial charge in [0.05, 0.1) is 14.1 Å². The maximum atomic E-state index is 12.2. The van der Waals surface area contributed by atoms with E-state index in [1.165, 1.54) is 5.56 Å². The second kappa shape index (κ2) is 7.36. The van der Waals surface area contributed by atoms with Crippen LogP contribution in [0.1, 0.15) is 15.9 Å². The third kappa shape index (κ3) is 4.91. The minimum absolute atomic E-state index is 0. The molecule has 0 bridgehead atoms. The normalized spacial score (nSPS) is 10.7. The molecule has 0 radical (unpaired) electrons. The van der Waals surface area contributed by atoms with E-state index in [1.54, 1.807) is 0 Å². The molecule has 2 rings (SSSR count). The van der Waals surface area contributed by atoms with Crippen molar-refractivity contribution in [3.05, 3.63) is 71.8 Å². The number of hydrogen-bond donors (Lipinski definition) is 0. The molecule has 0 saturated carbocycles. The predicted octanol–water partition coefficient (Wildman–Crippen LogP) is 3.72. The average Bonchev–Trinajstić information content (AvgIpc) is 2.39. The van der Waals surface area contributed by atoms with Crippen LogP contribution in [0, 0.1) is 0 Å². The number of carbonyl (C=O) groups excluding carboxylic acids is 1. The minimum atomic E-state index is 0. The standard InChI is InChI=1S/C17H20NO.BrH/c1-18(2,13-15-9-5-3-6-10-15)14-17(19)16-11-7-4-8-12-16;/h3-12H,13-14H2,1-2H3;1H/q+1;. The third-order valence-electron chi connectivity index (χ3n) is 3.12. The number of quaternary nitrogens is 1. The van der Waals surface area contributed by atoms with Crippen LogP contribution in [0.3, 0.4) is 0 Å². The summed E-state index contributed by atoms with van der Waals surface area (Å²) in [6.45, 7) is 1.37. The van der Waals surface area contributed by atoms with Crippen LogP contribution in [0.25, 0.3) is 0 Å². The number of likely N-dealkylation sites (N-methyl/N-ethyl adjacent to an activating group) is 1. The first kappa shape index (κ1) is 16.6. The highest BCUT2D eigenvalue weighted by atomic mass is 79.9. The fourth-order valence-electron chi connectivity index (χ4n) is 2.24. The van der Waals surface area contributed by atoms with Crippen LogP contribution < -0.4 is 0 Å². The molecule has 0 N–H and O–H groups in total. The maximum Gasteiger partial charge on any atom is 0.216 e. The van der Waals surface area contributed by atoms with Gasteiger partial charge in [0.2, 0.25) is 5.78 Å². The highest BCUT2D eigenvalue weighted by Crippen LogP contribution is 2.11. The van der Waals surface area contributed by atoms with Crippen molar-refractivity contribution in [1.82, 2.24) is 0 Å². The van der Waals surface area contributed by atoms with Gasteiger partial charge in [-0.2, -0.15) is 0 Å². The van der Waals surface area contributed by atoms with E-state index in [4.69, 9.17) is 0 Å². The van der Waals surface area contributed by atoms with E-state index in [0.717, 1.165) is 12.1 Å². The van der Waals surface area contributed by atoms with Crippen molar-refractivity contribution in [2.45, 2.75) is 6.54 Å². The number of Topliss-reactive ketones (excluding diaryl/α,β-unsaturated/α-hetero) is 1. The van der Waals surface area contributed by atoms with Gasteiger partial charge in [0.1, 0.15) is 13.1 Å². The van der Waals surface area contributed by atoms with Crippen LogP contribution in [0.2, 0.25) is 0 Å². The summed E-state index contributed by atoms with van der Waals surface area (Å²) >= 11 is 0. The molecular formula is C17H21BrNO+. The Bertz CT molecular complexity index is 537. The monoisotopic (exact) mass is 334 g/mol. The Morgan fingerprint density at radius 2 is 1.40 bits per heavy atom. The lowest BCUT2D eigenvalue weighted by molar-refractivity contribution is -0.895. The number of nitrogens with zero attached hydrogens (tertiary/aromatic N) is 1. The molecule has 0 aliphatic carbocycles. The Kier molecular flexibility index (Phi) is 6.11. The highest BCUT2D eigenvalue weighted by Gasteiger charge is 2.21. The lowest BCUT2D eigenvalue weighted by Crippen LogP contribution is -2.43. The van der Waals surface area contributed by atoms with E-state index in [9.17, 15) is 4.79 Å². The Morgan fingerprint density at radius 1 is 0.900 bits per heavy atom. The fourth-order valence-corrected chi connectivity index (χ4v) is 2.24. The molecule has 3 heteroatoms. The Hall–Kier alpha value is -1.45. The smallest absolute Gasteiger partial charge is 0.216 e. The van der Waals surface area contributed by atoms with Gasteiger partial charge >= 0.3 is 0 Å². The Morgan fingerprint density at radius 3 is 1.95 bits per heavy atom. The summed E-state index contributed by atoms with van der Waals surface area (Å²) in [7, 11) is 4.18. The number of rotatable bonds is 5. The van der Waals surface area contributed by atoms with E-state index < -0.39 is 0 Å². The number of benzene rings is 2. The van der Waals surface area contributed by atoms with E-state index >= 15 is 0 Å². The van der Waals surface area contributed by atoms with Crippen molar-refractivity contribution < 1.29 is 9.28 Å². The average molecular weight is 335 g/mol. The topological polar surface area (TPSA) is 17.1 Å². The van der Waals surface area contributed by atoms with Crippen molar-refractivity contribution in [3.8, 4) is 0 Å². The summed E-state index contributed by atoms with van der Waals surface area (Å²) in [5.41, 5.74) is 2.05. The molecule has 106 valence electrons. The molecule has 0 atom stereocenters. The van der Waals surface area contributed by atoms with Crippen LogP contribution >= 0.6 is 17.0 Å². The number of halogens is 1. The lowest BCUT2D eigenvalue weighted by Gasteiger charge is -2.29. The zero-order chi connectivity index (χ0) is 13.7. The molecule has 2 aromatic carbocycles. The summed E-state index contributed by atoms with van der Waals surface area (Å²) in [5.74, 6) is 0.196. The number of ketones is 1. The van der Waals surface area contributed by atoms with Crippen molar-refractivity contribution >= 4 is 22.8 Å². The molecule has 0 aromatic heterocycles. The number of hydrogen-bond acceptors (Lipinski definition) is 1. The third-order valence-corrected chi connectivity index (χ3v) is 3.12. The van der Waals surface area contributed by atoms with Crippen LogP contribution in [0.4, 0.5) is 0 Å². The van der Waals surface area contributed by atoms with Gasteiger partial charge in [0, 0.05) is 11.1 Å². The zero-order valence-corrected chi connectivity index (χ0v) is 13.7. The molecule has 2 aromatic rings. The summed E-state index contributed by atoms with van der Waals surface area (Å²) in [5, 5.41) is 0. The molecule has 0 amide bonds. The molecule has 0 heterocycles. The van der Waals surface area contributed by atoms with E-state index in [1.807, 2.05) is 48.5 Å². The molecule has 0 unspecified atom stereocenters. The summed E-state index contributed by atoms with van der Waals surface area (Å²) in [4.78, 5) is 12.2. The molecule has 0 saturated heterocycles. The molecular weight excluding hydrogens is 314 g/mol. The molecule has 20 heavy (non-hydrogen) atoms. The van der Waals surface area contributed by atoms with Gasteiger partial charge in [0.25, 0.3) is 0 Å². The minimum Gasteiger partial charge on any atom is -0.318 e. The molecule has 0 aliphatic heterocycles. The lowest BCUT2D eigenvalue weighted by atomic mass is 10.1. The number of carbonyl (C=O) groups is 1. The van der Waals surface area contributed by atoms with Crippen molar-refractivity contribution in [2.24, 2.45) is 0 Å². The molecule has 2 nitrogen and oxygen atoms in total. The van der Waals surface area contributed by atoms with Crippen LogP contribution in [-0.2, 0) is 6.54 Å². The van der Waals surface area contributed by atoms with Gasteiger partial charge in [-0.3, -0.25) is 4.79 Å². The van der Waals surface area contributed by atoms with Gasteiger partial charge in [-0.15, -0.1) is 17.0 Å². The van der Waals surface area contributed by atoms with E-state index in [0.29, 0.717) is 11.0 Å². The Labute approximate surface area is 131 Å². The SMILES string of the molecule is Br.C[N+](C)(CC(=O)c1ccccc1)Cc1ccccc1. The van der Waals surface area contributed by atoms with Crippen LogP contribution in [0.15, 0.2) is 60.7 Å². The van der Waals surface area contributed by atoms with Gasteiger partial charge in [0.15, 0.2) is 0 Å².